The van der Waals surface area contributed by atoms with E-state index >= 15 is 0 Å². The molecule has 3 N–H and O–H groups in total. The first-order valence-electron chi connectivity index (χ1n) is 5.26. The molecule has 1 aromatic carbocycles. The molecule has 5 nitrogen and oxygen atoms in total. The van der Waals surface area contributed by atoms with Gasteiger partial charge in [0, 0.05) is 6.42 Å². The third kappa shape index (κ3) is 2.44. The van der Waals surface area contributed by atoms with Crippen LogP contribution in [0.2, 0.25) is 0 Å². The van der Waals surface area contributed by atoms with Gasteiger partial charge in [-0.25, -0.2) is 5.48 Å². The summed E-state index contributed by atoms with van der Waals surface area (Å²) in [7, 11) is 0. The van der Waals surface area contributed by atoms with Crippen molar-refractivity contribution in [1.29, 1.82) is 0 Å². The molecule has 0 bridgehead atoms. The third-order valence-electron chi connectivity index (χ3n) is 2.44. The van der Waals surface area contributed by atoms with Gasteiger partial charge in [-0.15, -0.1) is 0 Å². The number of aliphatic hydroxyl groups excluding tert-OH is 1. The van der Waals surface area contributed by atoms with Crippen molar-refractivity contribution in [3.05, 3.63) is 23.8 Å². The molecule has 1 aliphatic heterocycles. The summed E-state index contributed by atoms with van der Waals surface area (Å²) in [4.78, 5) is 0. The van der Waals surface area contributed by atoms with Crippen LogP contribution in [-0.4, -0.2) is 30.1 Å². The lowest BCUT2D eigenvalue weighted by Gasteiger charge is -2.13. The minimum atomic E-state index is -0.762. The smallest absolute Gasteiger partial charge is 0.161 e. The molecule has 1 atom stereocenters. The summed E-state index contributed by atoms with van der Waals surface area (Å²) in [6.07, 6.45) is 0.0901. The molecule has 0 fully saturated rings. The average molecular weight is 225 g/mol. The van der Waals surface area contributed by atoms with Crippen LogP contribution in [0, 0.1) is 0 Å². The summed E-state index contributed by atoms with van der Waals surface area (Å²) in [6, 6.07) is 5.27. The minimum absolute atomic E-state index is 0.0830. The fourth-order valence-electron chi connectivity index (χ4n) is 1.59. The number of rotatable bonds is 3. The van der Waals surface area contributed by atoms with Crippen LogP contribution < -0.4 is 15.0 Å². The predicted molar refractivity (Wildman–Crippen MR) is 56.8 cm³/mol. The van der Waals surface area contributed by atoms with E-state index in [-0.39, 0.29) is 6.54 Å². The Kier molecular flexibility index (Phi) is 3.61. The second kappa shape index (κ2) is 5.16. The Morgan fingerprint density at radius 2 is 2.00 bits per heavy atom. The van der Waals surface area contributed by atoms with E-state index in [0.29, 0.717) is 30.3 Å². The molecular weight excluding hydrogens is 210 g/mol. The molecule has 0 amide bonds. The SMILES string of the molecule is ONCC(O)c1ccc2c(c1)OCCCO2. The zero-order valence-electron chi connectivity index (χ0n) is 8.85. The van der Waals surface area contributed by atoms with Crippen molar-refractivity contribution in [3.8, 4) is 11.5 Å². The third-order valence-corrected chi connectivity index (χ3v) is 2.44. The van der Waals surface area contributed by atoms with Crippen LogP contribution in [0.5, 0.6) is 11.5 Å². The highest BCUT2D eigenvalue weighted by Crippen LogP contribution is 2.32. The maximum Gasteiger partial charge on any atom is 0.161 e. The van der Waals surface area contributed by atoms with Crippen molar-refractivity contribution < 1.29 is 19.8 Å². The van der Waals surface area contributed by atoms with E-state index in [4.69, 9.17) is 14.7 Å². The van der Waals surface area contributed by atoms with Gasteiger partial charge < -0.3 is 19.8 Å². The number of aliphatic hydroxyl groups is 1. The van der Waals surface area contributed by atoms with Gasteiger partial charge in [0.15, 0.2) is 11.5 Å². The molecule has 0 aliphatic carbocycles. The van der Waals surface area contributed by atoms with Crippen LogP contribution in [0.4, 0.5) is 0 Å². The Labute approximate surface area is 93.6 Å². The highest BCUT2D eigenvalue weighted by atomic mass is 16.5. The van der Waals surface area contributed by atoms with Crippen LogP contribution >= 0.6 is 0 Å². The van der Waals surface area contributed by atoms with Gasteiger partial charge in [0.2, 0.25) is 0 Å². The summed E-state index contributed by atoms with van der Waals surface area (Å²) in [5.41, 5.74) is 2.62. The first kappa shape index (κ1) is 11.2. The van der Waals surface area contributed by atoms with Crippen LogP contribution in [0.3, 0.4) is 0 Å². The van der Waals surface area contributed by atoms with Crippen molar-refractivity contribution in [2.75, 3.05) is 19.8 Å². The molecule has 88 valence electrons. The molecule has 2 rings (SSSR count). The number of benzene rings is 1. The van der Waals surface area contributed by atoms with E-state index < -0.39 is 6.10 Å². The zero-order chi connectivity index (χ0) is 11.4. The van der Waals surface area contributed by atoms with Crippen LogP contribution in [0.15, 0.2) is 18.2 Å². The molecule has 1 heterocycles. The zero-order valence-corrected chi connectivity index (χ0v) is 8.85. The van der Waals surface area contributed by atoms with Gasteiger partial charge in [-0.2, -0.15) is 0 Å². The predicted octanol–water partition coefficient (Wildman–Crippen LogP) is 0.860. The molecule has 0 radical (unpaired) electrons. The molecular formula is C11H15NO4. The number of nitrogens with one attached hydrogen (secondary N) is 1. The van der Waals surface area contributed by atoms with E-state index in [1.54, 1.807) is 18.2 Å². The molecule has 0 spiro atoms. The van der Waals surface area contributed by atoms with Crippen molar-refractivity contribution in [2.24, 2.45) is 0 Å². The molecule has 1 aromatic rings. The number of hydroxylamine groups is 1. The Balaban J connectivity index is 2.20. The van der Waals surface area contributed by atoms with Gasteiger partial charge in [-0.05, 0) is 17.7 Å². The number of fused-ring (bicyclic) bond motifs is 1. The van der Waals surface area contributed by atoms with Gasteiger partial charge in [-0.3, -0.25) is 0 Å². The van der Waals surface area contributed by atoms with Crippen molar-refractivity contribution in [2.45, 2.75) is 12.5 Å². The minimum Gasteiger partial charge on any atom is -0.490 e. The van der Waals surface area contributed by atoms with Gasteiger partial charge in [0.05, 0.1) is 25.9 Å². The highest BCUT2D eigenvalue weighted by molar-refractivity contribution is 5.44. The number of hydrogen-bond donors (Lipinski definition) is 3. The van der Waals surface area contributed by atoms with Crippen LogP contribution in [-0.2, 0) is 0 Å². The normalized spacial score (nSPS) is 16.6. The Morgan fingerprint density at radius 3 is 2.75 bits per heavy atom. The van der Waals surface area contributed by atoms with Crippen molar-refractivity contribution >= 4 is 0 Å². The molecule has 5 heteroatoms. The summed E-state index contributed by atoms with van der Waals surface area (Å²) in [5, 5.41) is 18.2. The molecule has 16 heavy (non-hydrogen) atoms. The van der Waals surface area contributed by atoms with E-state index in [9.17, 15) is 5.11 Å². The molecule has 1 aliphatic rings. The lowest BCUT2D eigenvalue weighted by Crippen LogP contribution is -2.17. The monoisotopic (exact) mass is 225 g/mol. The number of ether oxygens (including phenoxy) is 2. The van der Waals surface area contributed by atoms with Crippen LogP contribution in [0.1, 0.15) is 18.1 Å². The maximum atomic E-state index is 9.67. The Hall–Kier alpha value is -1.30. The molecule has 0 aromatic heterocycles. The van der Waals surface area contributed by atoms with Crippen LogP contribution in [0.25, 0.3) is 0 Å². The summed E-state index contributed by atoms with van der Waals surface area (Å²) in [6.45, 7) is 1.34. The lowest BCUT2D eigenvalue weighted by molar-refractivity contribution is 0.0919. The van der Waals surface area contributed by atoms with Gasteiger partial charge in [0.25, 0.3) is 0 Å². The molecule has 0 saturated heterocycles. The summed E-state index contributed by atoms with van der Waals surface area (Å²) in [5.74, 6) is 1.34. The first-order valence-corrected chi connectivity index (χ1v) is 5.26. The van der Waals surface area contributed by atoms with Gasteiger partial charge in [0.1, 0.15) is 0 Å². The fraction of sp³-hybridized carbons (Fsp3) is 0.455. The standard InChI is InChI=1S/C11H15NO4/c13-9(7-12-14)8-2-3-10-11(6-8)16-5-1-4-15-10/h2-3,6,9,12-14H,1,4-5,7H2. The fourth-order valence-corrected chi connectivity index (χ4v) is 1.59. The largest absolute Gasteiger partial charge is 0.490 e. The second-order valence-corrected chi connectivity index (χ2v) is 3.63. The average Bonchev–Trinajstić information content (AvgIpc) is 2.53. The molecule has 1 unspecified atom stereocenters. The van der Waals surface area contributed by atoms with E-state index in [2.05, 4.69) is 0 Å². The van der Waals surface area contributed by atoms with Gasteiger partial charge in [-0.1, -0.05) is 6.07 Å². The molecule has 0 saturated carbocycles. The second-order valence-electron chi connectivity index (χ2n) is 3.63. The maximum absolute atomic E-state index is 9.67. The Bertz CT molecular complexity index is 356. The van der Waals surface area contributed by atoms with Gasteiger partial charge >= 0.3 is 0 Å². The summed E-state index contributed by atoms with van der Waals surface area (Å²) < 4.78 is 11.0. The van der Waals surface area contributed by atoms with E-state index in [1.807, 2.05) is 5.48 Å². The quantitative estimate of drug-likeness (QED) is 0.665. The lowest BCUT2D eigenvalue weighted by atomic mass is 10.1. The van der Waals surface area contributed by atoms with Crippen molar-refractivity contribution in [1.82, 2.24) is 5.48 Å². The van der Waals surface area contributed by atoms with E-state index in [0.717, 1.165) is 6.42 Å². The topological polar surface area (TPSA) is 71.0 Å². The number of hydrogen-bond acceptors (Lipinski definition) is 5. The summed E-state index contributed by atoms with van der Waals surface area (Å²) >= 11 is 0. The Morgan fingerprint density at radius 1 is 1.25 bits per heavy atom. The van der Waals surface area contributed by atoms with Crippen molar-refractivity contribution in [3.63, 3.8) is 0 Å². The van der Waals surface area contributed by atoms with E-state index in [1.165, 1.54) is 0 Å². The highest BCUT2D eigenvalue weighted by Gasteiger charge is 2.14. The first-order chi connectivity index (χ1) is 7.81.